The maximum atomic E-state index is 12.1. The van der Waals surface area contributed by atoms with Crippen LogP contribution < -0.4 is 20.1 Å². The minimum atomic E-state index is -0.105. The summed E-state index contributed by atoms with van der Waals surface area (Å²) in [6, 6.07) is 12.6. The molecule has 1 heterocycles. The average Bonchev–Trinajstić information content (AvgIpc) is 2.62. The smallest absolute Gasteiger partial charge is 0.226 e. The third-order valence-electron chi connectivity index (χ3n) is 3.78. The fourth-order valence-corrected chi connectivity index (χ4v) is 2.51. The zero-order valence-electron chi connectivity index (χ0n) is 14.0. The summed E-state index contributed by atoms with van der Waals surface area (Å²) in [7, 11) is 0. The number of rotatable bonds is 6. The van der Waals surface area contributed by atoms with E-state index in [1.807, 2.05) is 12.1 Å². The Labute approximate surface area is 146 Å². The van der Waals surface area contributed by atoms with Gasteiger partial charge < -0.3 is 20.1 Å². The average molecular weight is 340 g/mol. The van der Waals surface area contributed by atoms with E-state index in [2.05, 4.69) is 10.6 Å². The monoisotopic (exact) mass is 340 g/mol. The fraction of sp³-hybridized carbons (Fsp3) is 0.263. The highest BCUT2D eigenvalue weighted by atomic mass is 16.6. The second-order valence-electron chi connectivity index (χ2n) is 5.72. The van der Waals surface area contributed by atoms with Crippen LogP contribution in [0.5, 0.6) is 11.5 Å². The predicted molar refractivity (Wildman–Crippen MR) is 95.6 cm³/mol. The maximum Gasteiger partial charge on any atom is 0.226 e. The van der Waals surface area contributed by atoms with Crippen molar-refractivity contribution in [3.05, 3.63) is 48.0 Å². The molecule has 0 saturated carbocycles. The number of anilines is 2. The van der Waals surface area contributed by atoms with Crippen molar-refractivity contribution >= 4 is 23.1 Å². The minimum absolute atomic E-state index is 0.0139. The Kier molecular flexibility index (Phi) is 5.18. The van der Waals surface area contributed by atoms with Crippen molar-refractivity contribution in [2.45, 2.75) is 13.3 Å². The van der Waals surface area contributed by atoms with Crippen LogP contribution in [0.1, 0.15) is 23.7 Å². The van der Waals surface area contributed by atoms with Crippen LogP contribution in [0.15, 0.2) is 42.5 Å². The number of fused-ring (bicyclic) bond motifs is 1. The van der Waals surface area contributed by atoms with Gasteiger partial charge in [0.15, 0.2) is 17.3 Å². The van der Waals surface area contributed by atoms with Crippen molar-refractivity contribution < 1.29 is 19.1 Å². The third-order valence-corrected chi connectivity index (χ3v) is 3.78. The lowest BCUT2D eigenvalue weighted by atomic mass is 10.1. The highest BCUT2D eigenvalue weighted by molar-refractivity contribution is 5.95. The topological polar surface area (TPSA) is 76.7 Å². The normalized spacial score (nSPS) is 12.4. The van der Waals surface area contributed by atoms with Gasteiger partial charge in [-0.1, -0.05) is 12.1 Å². The summed E-state index contributed by atoms with van der Waals surface area (Å²) >= 11 is 0. The number of hydrogen-bond acceptors (Lipinski definition) is 5. The Morgan fingerprint density at radius 1 is 1.00 bits per heavy atom. The summed E-state index contributed by atoms with van der Waals surface area (Å²) in [6.45, 7) is 3.04. The SMILES string of the molecule is CC(=O)c1cccc(NCCC(=O)Nc2ccc3c(c2)OCCO3)c1. The van der Waals surface area contributed by atoms with Crippen LogP contribution in [0.25, 0.3) is 0 Å². The van der Waals surface area contributed by atoms with Gasteiger partial charge in [-0.25, -0.2) is 0 Å². The quantitative estimate of drug-likeness (QED) is 0.790. The van der Waals surface area contributed by atoms with E-state index in [4.69, 9.17) is 9.47 Å². The summed E-state index contributed by atoms with van der Waals surface area (Å²) < 4.78 is 11.0. The number of nitrogens with one attached hydrogen (secondary N) is 2. The van der Waals surface area contributed by atoms with Gasteiger partial charge in [0.2, 0.25) is 5.91 Å². The number of hydrogen-bond donors (Lipinski definition) is 2. The van der Waals surface area contributed by atoms with E-state index in [9.17, 15) is 9.59 Å². The molecule has 1 aliphatic rings. The van der Waals surface area contributed by atoms with Crippen molar-refractivity contribution in [1.82, 2.24) is 0 Å². The number of amides is 1. The molecule has 1 amide bonds. The van der Waals surface area contributed by atoms with Gasteiger partial charge in [0.1, 0.15) is 13.2 Å². The number of ether oxygens (including phenoxy) is 2. The van der Waals surface area contributed by atoms with Gasteiger partial charge in [0.25, 0.3) is 0 Å². The van der Waals surface area contributed by atoms with E-state index >= 15 is 0 Å². The van der Waals surface area contributed by atoms with E-state index in [0.29, 0.717) is 48.9 Å². The lowest BCUT2D eigenvalue weighted by molar-refractivity contribution is -0.115. The molecule has 0 aliphatic carbocycles. The summed E-state index contributed by atoms with van der Waals surface area (Å²) in [4.78, 5) is 23.4. The van der Waals surface area contributed by atoms with Crippen LogP contribution in [-0.4, -0.2) is 31.4 Å². The lowest BCUT2D eigenvalue weighted by Crippen LogP contribution is -2.18. The van der Waals surface area contributed by atoms with E-state index in [-0.39, 0.29) is 11.7 Å². The zero-order chi connectivity index (χ0) is 17.6. The first-order chi connectivity index (χ1) is 12.1. The highest BCUT2D eigenvalue weighted by Gasteiger charge is 2.12. The first-order valence-electron chi connectivity index (χ1n) is 8.16. The molecule has 25 heavy (non-hydrogen) atoms. The van der Waals surface area contributed by atoms with Gasteiger partial charge >= 0.3 is 0 Å². The molecule has 3 rings (SSSR count). The number of carbonyl (C=O) groups is 2. The molecule has 6 heteroatoms. The van der Waals surface area contributed by atoms with Gasteiger partial charge in [-0.2, -0.15) is 0 Å². The molecule has 2 N–H and O–H groups in total. The number of Topliss-reactive ketones (excluding diaryl/α,β-unsaturated/α-hetero) is 1. The molecule has 0 atom stereocenters. The Morgan fingerprint density at radius 2 is 1.80 bits per heavy atom. The molecule has 0 saturated heterocycles. The highest BCUT2D eigenvalue weighted by Crippen LogP contribution is 2.32. The molecule has 0 aromatic heterocycles. The third kappa shape index (κ3) is 4.50. The number of benzene rings is 2. The molecular weight excluding hydrogens is 320 g/mol. The Morgan fingerprint density at radius 3 is 2.60 bits per heavy atom. The van der Waals surface area contributed by atoms with Crippen LogP contribution >= 0.6 is 0 Å². The molecule has 2 aromatic rings. The summed E-state index contributed by atoms with van der Waals surface area (Å²) in [5.74, 6) is 1.24. The first kappa shape index (κ1) is 16.8. The molecule has 0 spiro atoms. The van der Waals surface area contributed by atoms with Crippen LogP contribution in [0.4, 0.5) is 11.4 Å². The van der Waals surface area contributed by atoms with Crippen LogP contribution in [0, 0.1) is 0 Å². The van der Waals surface area contributed by atoms with Gasteiger partial charge in [-0.15, -0.1) is 0 Å². The summed E-state index contributed by atoms with van der Waals surface area (Å²) in [6.07, 6.45) is 0.304. The van der Waals surface area contributed by atoms with Crippen molar-refractivity contribution in [2.24, 2.45) is 0 Å². The number of carbonyl (C=O) groups excluding carboxylic acids is 2. The second-order valence-corrected chi connectivity index (χ2v) is 5.72. The molecule has 0 unspecified atom stereocenters. The molecule has 0 radical (unpaired) electrons. The van der Waals surface area contributed by atoms with E-state index in [1.54, 1.807) is 30.3 Å². The van der Waals surface area contributed by atoms with Crippen molar-refractivity contribution in [2.75, 3.05) is 30.4 Å². The molecule has 6 nitrogen and oxygen atoms in total. The summed E-state index contributed by atoms with van der Waals surface area (Å²) in [5.41, 5.74) is 2.14. The standard InChI is InChI=1S/C19H20N2O4/c1-13(22)14-3-2-4-15(11-14)20-8-7-19(23)21-16-5-6-17-18(12-16)25-10-9-24-17/h2-6,11-12,20H,7-10H2,1H3,(H,21,23). The zero-order valence-corrected chi connectivity index (χ0v) is 14.0. The first-order valence-corrected chi connectivity index (χ1v) is 8.16. The van der Waals surface area contributed by atoms with Crippen LogP contribution in [0.2, 0.25) is 0 Å². The maximum absolute atomic E-state index is 12.1. The minimum Gasteiger partial charge on any atom is -0.486 e. The predicted octanol–water partition coefficient (Wildman–Crippen LogP) is 3.10. The molecular formula is C19H20N2O4. The molecule has 130 valence electrons. The molecule has 0 bridgehead atoms. The summed E-state index contributed by atoms with van der Waals surface area (Å²) in [5, 5.41) is 5.99. The fourth-order valence-electron chi connectivity index (χ4n) is 2.51. The Balaban J connectivity index is 1.50. The van der Waals surface area contributed by atoms with Crippen LogP contribution in [0.3, 0.4) is 0 Å². The Hall–Kier alpha value is -3.02. The molecule has 2 aromatic carbocycles. The van der Waals surface area contributed by atoms with Crippen molar-refractivity contribution in [1.29, 1.82) is 0 Å². The van der Waals surface area contributed by atoms with E-state index in [1.165, 1.54) is 6.92 Å². The molecule has 0 fully saturated rings. The lowest BCUT2D eigenvalue weighted by Gasteiger charge is -2.19. The van der Waals surface area contributed by atoms with Gasteiger partial charge in [-0.3, -0.25) is 9.59 Å². The van der Waals surface area contributed by atoms with Gasteiger partial charge in [0, 0.05) is 36.0 Å². The number of ketones is 1. The van der Waals surface area contributed by atoms with Gasteiger partial charge in [-0.05, 0) is 31.2 Å². The van der Waals surface area contributed by atoms with Crippen molar-refractivity contribution in [3.63, 3.8) is 0 Å². The van der Waals surface area contributed by atoms with Crippen LogP contribution in [-0.2, 0) is 4.79 Å². The van der Waals surface area contributed by atoms with E-state index < -0.39 is 0 Å². The Bertz CT molecular complexity index is 789. The van der Waals surface area contributed by atoms with Gasteiger partial charge in [0.05, 0.1) is 0 Å². The second kappa shape index (κ2) is 7.70. The largest absolute Gasteiger partial charge is 0.486 e. The van der Waals surface area contributed by atoms with E-state index in [0.717, 1.165) is 5.69 Å². The van der Waals surface area contributed by atoms with Crippen molar-refractivity contribution in [3.8, 4) is 11.5 Å². The molecule has 1 aliphatic heterocycles.